The van der Waals surface area contributed by atoms with Crippen molar-refractivity contribution in [2.75, 3.05) is 38.3 Å². The van der Waals surface area contributed by atoms with E-state index in [2.05, 4.69) is 0 Å². The summed E-state index contributed by atoms with van der Waals surface area (Å²) in [5.74, 6) is 0.440. The van der Waals surface area contributed by atoms with E-state index in [1.807, 2.05) is 36.1 Å². The van der Waals surface area contributed by atoms with Crippen molar-refractivity contribution in [3.63, 3.8) is 0 Å². The lowest BCUT2D eigenvalue weighted by molar-refractivity contribution is -0.138. The van der Waals surface area contributed by atoms with Gasteiger partial charge in [0, 0.05) is 32.7 Å². The molecule has 0 spiro atoms. The van der Waals surface area contributed by atoms with Gasteiger partial charge in [-0.15, -0.1) is 0 Å². The molecule has 1 atom stereocenters. The molecule has 2 fully saturated rings. The van der Waals surface area contributed by atoms with Crippen LogP contribution in [0.25, 0.3) is 0 Å². The minimum atomic E-state index is -0.277. The topological polar surface area (TPSA) is 59.1 Å². The number of carbonyl (C=O) groups is 2. The molecule has 0 aliphatic carbocycles. The van der Waals surface area contributed by atoms with Gasteiger partial charge in [-0.2, -0.15) is 0 Å². The standard InChI is InChI=1S/C19H26N2O4/c1-3-25-15-8-10-20(11-9-15)19(23)14-12-18(22)21(13-14)16-6-4-5-7-17(16)24-2/h4-7,14-15H,3,8-13H2,1-2H3. The Kier molecular flexibility index (Phi) is 5.58. The molecule has 1 aromatic rings. The second kappa shape index (κ2) is 7.87. The molecule has 0 bridgehead atoms. The second-order valence-electron chi connectivity index (χ2n) is 6.56. The van der Waals surface area contributed by atoms with Gasteiger partial charge in [-0.05, 0) is 31.9 Å². The first kappa shape index (κ1) is 17.7. The third-order valence-electron chi connectivity index (χ3n) is 5.01. The molecule has 0 saturated carbocycles. The second-order valence-corrected chi connectivity index (χ2v) is 6.56. The molecule has 2 amide bonds. The van der Waals surface area contributed by atoms with Crippen molar-refractivity contribution in [1.82, 2.24) is 4.90 Å². The third kappa shape index (κ3) is 3.79. The molecule has 2 aliphatic rings. The highest BCUT2D eigenvalue weighted by Gasteiger charge is 2.38. The minimum absolute atomic E-state index is 0.0212. The van der Waals surface area contributed by atoms with Crippen LogP contribution in [-0.2, 0) is 14.3 Å². The Morgan fingerprint density at radius 3 is 2.64 bits per heavy atom. The highest BCUT2D eigenvalue weighted by Crippen LogP contribution is 2.33. The number of piperidine rings is 1. The van der Waals surface area contributed by atoms with Crippen molar-refractivity contribution >= 4 is 17.5 Å². The number of hydrogen-bond donors (Lipinski definition) is 0. The maximum absolute atomic E-state index is 12.8. The van der Waals surface area contributed by atoms with E-state index in [4.69, 9.17) is 9.47 Å². The smallest absolute Gasteiger partial charge is 0.228 e. The van der Waals surface area contributed by atoms with Crippen LogP contribution in [0.2, 0.25) is 0 Å². The summed E-state index contributed by atoms with van der Waals surface area (Å²) in [6, 6.07) is 7.43. The number of methoxy groups -OCH3 is 1. The third-order valence-corrected chi connectivity index (χ3v) is 5.01. The lowest BCUT2D eigenvalue weighted by Gasteiger charge is -2.33. The first-order valence-electron chi connectivity index (χ1n) is 8.97. The number of para-hydroxylation sites is 2. The van der Waals surface area contributed by atoms with Gasteiger partial charge in [0.1, 0.15) is 5.75 Å². The molecule has 1 aromatic carbocycles. The Bertz CT molecular complexity index is 626. The number of carbonyl (C=O) groups excluding carboxylic acids is 2. The van der Waals surface area contributed by atoms with E-state index >= 15 is 0 Å². The summed E-state index contributed by atoms with van der Waals surface area (Å²) < 4.78 is 11.0. The maximum atomic E-state index is 12.8. The van der Waals surface area contributed by atoms with E-state index in [-0.39, 0.29) is 30.3 Å². The molecule has 2 saturated heterocycles. The predicted octanol–water partition coefficient (Wildman–Crippen LogP) is 2.08. The summed E-state index contributed by atoms with van der Waals surface area (Å²) in [6.07, 6.45) is 2.26. The van der Waals surface area contributed by atoms with Gasteiger partial charge in [-0.25, -0.2) is 0 Å². The van der Waals surface area contributed by atoms with Crippen LogP contribution in [0.3, 0.4) is 0 Å². The molecule has 0 aromatic heterocycles. The van der Waals surface area contributed by atoms with Crippen LogP contribution in [0.15, 0.2) is 24.3 Å². The molecule has 6 nitrogen and oxygen atoms in total. The zero-order valence-electron chi connectivity index (χ0n) is 14.9. The molecule has 2 aliphatic heterocycles. The summed E-state index contributed by atoms with van der Waals surface area (Å²) in [5, 5.41) is 0. The molecule has 3 rings (SSSR count). The van der Waals surface area contributed by atoms with Crippen LogP contribution < -0.4 is 9.64 Å². The fourth-order valence-electron chi connectivity index (χ4n) is 3.70. The van der Waals surface area contributed by atoms with Gasteiger partial charge < -0.3 is 19.3 Å². The van der Waals surface area contributed by atoms with E-state index in [1.165, 1.54) is 0 Å². The number of rotatable bonds is 5. The van der Waals surface area contributed by atoms with Crippen LogP contribution in [0, 0.1) is 5.92 Å². The zero-order chi connectivity index (χ0) is 17.8. The van der Waals surface area contributed by atoms with E-state index in [9.17, 15) is 9.59 Å². The molecule has 25 heavy (non-hydrogen) atoms. The van der Waals surface area contributed by atoms with Crippen LogP contribution in [0.5, 0.6) is 5.75 Å². The number of ether oxygens (including phenoxy) is 2. The van der Waals surface area contributed by atoms with Gasteiger partial charge in [0.25, 0.3) is 0 Å². The van der Waals surface area contributed by atoms with Crippen LogP contribution >= 0.6 is 0 Å². The average Bonchev–Trinajstić information content (AvgIpc) is 3.03. The van der Waals surface area contributed by atoms with Crippen molar-refractivity contribution in [2.24, 2.45) is 5.92 Å². The SMILES string of the molecule is CCOC1CCN(C(=O)C2CC(=O)N(c3ccccc3OC)C2)CC1. The number of hydrogen-bond acceptors (Lipinski definition) is 4. The zero-order valence-corrected chi connectivity index (χ0v) is 14.9. The molecule has 136 valence electrons. The highest BCUT2D eigenvalue weighted by molar-refractivity contribution is 6.01. The summed E-state index contributed by atoms with van der Waals surface area (Å²) in [7, 11) is 1.59. The summed E-state index contributed by atoms with van der Waals surface area (Å²) in [5.41, 5.74) is 0.736. The van der Waals surface area contributed by atoms with Gasteiger partial charge in [-0.1, -0.05) is 12.1 Å². The molecular weight excluding hydrogens is 320 g/mol. The molecule has 0 N–H and O–H groups in total. The predicted molar refractivity (Wildman–Crippen MR) is 94.7 cm³/mol. The molecular formula is C19H26N2O4. The Balaban J connectivity index is 1.63. The lowest BCUT2D eigenvalue weighted by Crippen LogP contribution is -2.44. The fourth-order valence-corrected chi connectivity index (χ4v) is 3.70. The Morgan fingerprint density at radius 2 is 1.96 bits per heavy atom. The van der Waals surface area contributed by atoms with Gasteiger partial charge in [0.15, 0.2) is 0 Å². The lowest BCUT2D eigenvalue weighted by atomic mass is 10.0. The van der Waals surface area contributed by atoms with E-state index in [1.54, 1.807) is 12.0 Å². The van der Waals surface area contributed by atoms with Gasteiger partial charge >= 0.3 is 0 Å². The number of benzene rings is 1. The molecule has 1 unspecified atom stereocenters. The Labute approximate surface area is 148 Å². The summed E-state index contributed by atoms with van der Waals surface area (Å²) >= 11 is 0. The van der Waals surface area contributed by atoms with Gasteiger partial charge in [0.2, 0.25) is 11.8 Å². The van der Waals surface area contributed by atoms with Crippen LogP contribution in [-0.4, -0.2) is 56.2 Å². The van der Waals surface area contributed by atoms with Gasteiger partial charge in [-0.3, -0.25) is 9.59 Å². The monoisotopic (exact) mass is 346 g/mol. The van der Waals surface area contributed by atoms with Crippen molar-refractivity contribution in [3.8, 4) is 5.75 Å². The first-order valence-corrected chi connectivity index (χ1v) is 8.97. The normalized spacial score (nSPS) is 21.7. The number of amides is 2. The molecule has 2 heterocycles. The summed E-state index contributed by atoms with van der Waals surface area (Å²) in [6.45, 7) is 4.55. The van der Waals surface area contributed by atoms with Crippen molar-refractivity contribution in [1.29, 1.82) is 0 Å². The number of likely N-dealkylation sites (tertiary alicyclic amines) is 1. The van der Waals surface area contributed by atoms with Crippen molar-refractivity contribution in [2.45, 2.75) is 32.3 Å². The van der Waals surface area contributed by atoms with Crippen molar-refractivity contribution in [3.05, 3.63) is 24.3 Å². The van der Waals surface area contributed by atoms with E-state index in [0.717, 1.165) is 18.5 Å². The molecule has 6 heteroatoms. The fraction of sp³-hybridized carbons (Fsp3) is 0.579. The van der Waals surface area contributed by atoms with E-state index in [0.29, 0.717) is 32.0 Å². The quantitative estimate of drug-likeness (QED) is 0.819. The van der Waals surface area contributed by atoms with Gasteiger partial charge in [0.05, 0.1) is 24.8 Å². The van der Waals surface area contributed by atoms with Crippen molar-refractivity contribution < 1.29 is 19.1 Å². The highest BCUT2D eigenvalue weighted by atomic mass is 16.5. The van der Waals surface area contributed by atoms with Crippen LogP contribution in [0.1, 0.15) is 26.2 Å². The number of anilines is 1. The largest absolute Gasteiger partial charge is 0.495 e. The van der Waals surface area contributed by atoms with E-state index < -0.39 is 0 Å². The Morgan fingerprint density at radius 1 is 1.24 bits per heavy atom. The average molecular weight is 346 g/mol. The number of nitrogens with zero attached hydrogens (tertiary/aromatic N) is 2. The first-order chi connectivity index (χ1) is 12.1. The minimum Gasteiger partial charge on any atom is -0.495 e. The molecule has 0 radical (unpaired) electrons. The summed E-state index contributed by atoms with van der Waals surface area (Å²) in [4.78, 5) is 28.8. The Hall–Kier alpha value is -2.08. The maximum Gasteiger partial charge on any atom is 0.228 e. The van der Waals surface area contributed by atoms with Crippen LogP contribution in [0.4, 0.5) is 5.69 Å².